The van der Waals surface area contributed by atoms with Gasteiger partial charge >= 0.3 is 0 Å². The first-order chi connectivity index (χ1) is 15.5. The molecule has 0 radical (unpaired) electrons. The second-order valence-corrected chi connectivity index (χ2v) is 7.61. The van der Waals surface area contributed by atoms with E-state index in [0.717, 1.165) is 23.4 Å². The summed E-state index contributed by atoms with van der Waals surface area (Å²) in [5, 5.41) is 13.2. The summed E-state index contributed by atoms with van der Waals surface area (Å²) >= 11 is 0. The SMILES string of the molecule is CCc1ccccc1NC(=O)CN(C)CC(O)COc1ccc(Oc2ccccc2)cc1. The Bertz CT molecular complexity index is 977. The fourth-order valence-electron chi connectivity index (χ4n) is 3.28. The first kappa shape index (κ1) is 23.3. The lowest BCUT2D eigenvalue weighted by Gasteiger charge is -2.20. The molecule has 0 saturated heterocycles. The van der Waals surface area contributed by atoms with Crippen molar-refractivity contribution >= 4 is 11.6 Å². The largest absolute Gasteiger partial charge is 0.491 e. The maximum Gasteiger partial charge on any atom is 0.238 e. The van der Waals surface area contributed by atoms with Gasteiger partial charge in [-0.1, -0.05) is 43.3 Å². The number of nitrogens with zero attached hydrogens (tertiary/aromatic N) is 1. The molecule has 2 N–H and O–H groups in total. The molecule has 6 heteroatoms. The molecule has 6 nitrogen and oxygen atoms in total. The van der Waals surface area contributed by atoms with Crippen LogP contribution < -0.4 is 14.8 Å². The van der Waals surface area contributed by atoms with E-state index in [9.17, 15) is 9.90 Å². The number of rotatable bonds is 11. The Hall–Kier alpha value is -3.35. The smallest absolute Gasteiger partial charge is 0.238 e. The quantitative estimate of drug-likeness (QED) is 0.469. The zero-order valence-electron chi connectivity index (χ0n) is 18.5. The molecule has 3 rings (SSSR count). The van der Waals surface area contributed by atoms with Gasteiger partial charge in [-0.25, -0.2) is 0 Å². The minimum atomic E-state index is -0.726. The number of ether oxygens (including phenoxy) is 2. The second kappa shape index (κ2) is 11.9. The number of hydrogen-bond acceptors (Lipinski definition) is 5. The van der Waals surface area contributed by atoms with Crippen molar-refractivity contribution in [2.24, 2.45) is 0 Å². The third kappa shape index (κ3) is 7.41. The van der Waals surface area contributed by atoms with Gasteiger partial charge in [-0.05, 0) is 61.5 Å². The van der Waals surface area contributed by atoms with Crippen LogP contribution in [0.4, 0.5) is 5.69 Å². The highest BCUT2D eigenvalue weighted by molar-refractivity contribution is 5.92. The lowest BCUT2D eigenvalue weighted by molar-refractivity contribution is -0.117. The summed E-state index contributed by atoms with van der Waals surface area (Å²) < 4.78 is 11.4. The number of hydrogen-bond donors (Lipinski definition) is 2. The van der Waals surface area contributed by atoms with Crippen molar-refractivity contribution in [3.05, 3.63) is 84.4 Å². The Morgan fingerprint density at radius 3 is 2.28 bits per heavy atom. The molecular weight excluding hydrogens is 404 g/mol. The fourth-order valence-corrected chi connectivity index (χ4v) is 3.28. The van der Waals surface area contributed by atoms with Gasteiger partial charge in [-0.15, -0.1) is 0 Å². The summed E-state index contributed by atoms with van der Waals surface area (Å²) in [4.78, 5) is 14.1. The molecular formula is C26H30N2O4. The molecule has 0 spiro atoms. The Kier molecular flexibility index (Phi) is 8.66. The van der Waals surface area contributed by atoms with Crippen molar-refractivity contribution in [2.45, 2.75) is 19.4 Å². The molecule has 0 heterocycles. The van der Waals surface area contributed by atoms with E-state index >= 15 is 0 Å². The maximum atomic E-state index is 12.3. The number of aliphatic hydroxyl groups is 1. The molecule has 168 valence electrons. The summed E-state index contributed by atoms with van der Waals surface area (Å²) in [7, 11) is 1.80. The fraction of sp³-hybridized carbons (Fsp3) is 0.269. The zero-order valence-corrected chi connectivity index (χ0v) is 18.5. The van der Waals surface area contributed by atoms with Crippen molar-refractivity contribution in [1.29, 1.82) is 0 Å². The number of anilines is 1. The van der Waals surface area contributed by atoms with Gasteiger partial charge in [0.1, 0.15) is 30.0 Å². The number of likely N-dealkylation sites (N-methyl/N-ethyl adjacent to an activating group) is 1. The van der Waals surface area contributed by atoms with E-state index in [1.54, 1.807) is 24.1 Å². The highest BCUT2D eigenvalue weighted by Gasteiger charge is 2.13. The summed E-state index contributed by atoms with van der Waals surface area (Å²) in [5.74, 6) is 2.00. The lowest BCUT2D eigenvalue weighted by atomic mass is 10.1. The van der Waals surface area contributed by atoms with Gasteiger partial charge < -0.3 is 19.9 Å². The molecule has 3 aromatic rings. The summed E-state index contributed by atoms with van der Waals surface area (Å²) in [5.41, 5.74) is 1.93. The zero-order chi connectivity index (χ0) is 22.8. The van der Waals surface area contributed by atoms with E-state index in [4.69, 9.17) is 9.47 Å². The van der Waals surface area contributed by atoms with Crippen LogP contribution in [0.5, 0.6) is 17.2 Å². The number of benzene rings is 3. The number of carbonyl (C=O) groups is 1. The number of para-hydroxylation sites is 2. The van der Waals surface area contributed by atoms with E-state index in [2.05, 4.69) is 12.2 Å². The van der Waals surface area contributed by atoms with Crippen LogP contribution in [0, 0.1) is 0 Å². The van der Waals surface area contributed by atoms with Gasteiger partial charge in [0.05, 0.1) is 6.54 Å². The van der Waals surface area contributed by atoms with Gasteiger partial charge in [0.2, 0.25) is 5.91 Å². The van der Waals surface area contributed by atoms with Crippen LogP contribution >= 0.6 is 0 Å². The van der Waals surface area contributed by atoms with E-state index in [-0.39, 0.29) is 19.1 Å². The predicted octanol–water partition coefficient (Wildman–Crippen LogP) is 4.35. The van der Waals surface area contributed by atoms with Gasteiger partial charge in [0.15, 0.2) is 0 Å². The molecule has 0 bridgehead atoms. The van der Waals surface area contributed by atoms with Crippen LogP contribution in [-0.2, 0) is 11.2 Å². The van der Waals surface area contributed by atoms with Crippen LogP contribution in [-0.4, -0.2) is 48.8 Å². The molecule has 0 fully saturated rings. The third-order valence-corrected chi connectivity index (χ3v) is 4.85. The molecule has 32 heavy (non-hydrogen) atoms. The molecule has 0 aliphatic rings. The van der Waals surface area contributed by atoms with Crippen LogP contribution in [0.3, 0.4) is 0 Å². The van der Waals surface area contributed by atoms with Crippen LogP contribution in [0.2, 0.25) is 0 Å². The average Bonchev–Trinajstić information content (AvgIpc) is 2.79. The summed E-state index contributed by atoms with van der Waals surface area (Å²) in [6.07, 6.45) is 0.123. The lowest BCUT2D eigenvalue weighted by Crippen LogP contribution is -2.37. The number of aliphatic hydroxyl groups excluding tert-OH is 1. The monoisotopic (exact) mass is 434 g/mol. The van der Waals surface area contributed by atoms with Crippen LogP contribution in [0.1, 0.15) is 12.5 Å². The third-order valence-electron chi connectivity index (χ3n) is 4.85. The molecule has 3 aromatic carbocycles. The first-order valence-electron chi connectivity index (χ1n) is 10.7. The Balaban J connectivity index is 1.40. The number of nitrogens with one attached hydrogen (secondary N) is 1. The maximum absolute atomic E-state index is 12.3. The number of amides is 1. The Morgan fingerprint density at radius 2 is 1.56 bits per heavy atom. The number of carbonyl (C=O) groups excluding carboxylic acids is 1. The normalized spacial score (nSPS) is 11.8. The second-order valence-electron chi connectivity index (χ2n) is 7.61. The predicted molar refractivity (Wildman–Crippen MR) is 126 cm³/mol. The molecule has 1 unspecified atom stereocenters. The highest BCUT2D eigenvalue weighted by Crippen LogP contribution is 2.23. The molecule has 1 amide bonds. The van der Waals surface area contributed by atoms with Gasteiger partial charge in [0, 0.05) is 12.2 Å². The van der Waals surface area contributed by atoms with E-state index < -0.39 is 6.10 Å². The van der Waals surface area contributed by atoms with E-state index in [1.165, 1.54) is 0 Å². The average molecular weight is 435 g/mol. The van der Waals surface area contributed by atoms with Crippen molar-refractivity contribution in [3.8, 4) is 17.2 Å². The van der Waals surface area contributed by atoms with Gasteiger partial charge in [0.25, 0.3) is 0 Å². The minimum absolute atomic E-state index is 0.115. The molecule has 1 atom stereocenters. The minimum Gasteiger partial charge on any atom is -0.491 e. The van der Waals surface area contributed by atoms with Crippen molar-refractivity contribution in [2.75, 3.05) is 32.1 Å². The molecule has 0 aromatic heterocycles. The van der Waals surface area contributed by atoms with Crippen molar-refractivity contribution < 1.29 is 19.4 Å². The van der Waals surface area contributed by atoms with Gasteiger partial charge in [-0.2, -0.15) is 0 Å². The van der Waals surface area contributed by atoms with Crippen molar-refractivity contribution in [1.82, 2.24) is 4.90 Å². The Morgan fingerprint density at radius 1 is 0.938 bits per heavy atom. The molecule has 0 aliphatic heterocycles. The number of aryl methyl sites for hydroxylation is 1. The van der Waals surface area contributed by atoms with Crippen molar-refractivity contribution in [3.63, 3.8) is 0 Å². The Labute approximate surface area is 189 Å². The standard InChI is InChI=1S/C26H30N2O4/c1-3-20-9-7-8-12-25(20)27-26(30)18-28(2)17-21(29)19-31-22-13-15-24(16-14-22)32-23-10-5-4-6-11-23/h4-16,21,29H,3,17-19H2,1-2H3,(H,27,30). The van der Waals surface area contributed by atoms with E-state index in [1.807, 2.05) is 66.7 Å². The summed E-state index contributed by atoms with van der Waals surface area (Å²) in [6, 6.07) is 24.5. The van der Waals surface area contributed by atoms with E-state index in [0.29, 0.717) is 18.0 Å². The highest BCUT2D eigenvalue weighted by atomic mass is 16.5. The molecule has 0 aliphatic carbocycles. The summed E-state index contributed by atoms with van der Waals surface area (Å²) in [6.45, 7) is 2.68. The van der Waals surface area contributed by atoms with Crippen LogP contribution in [0.25, 0.3) is 0 Å². The topological polar surface area (TPSA) is 71.0 Å². The first-order valence-corrected chi connectivity index (χ1v) is 10.7. The molecule has 0 saturated carbocycles. The van der Waals surface area contributed by atoms with Crippen LogP contribution in [0.15, 0.2) is 78.9 Å². The van der Waals surface area contributed by atoms with Gasteiger partial charge in [-0.3, -0.25) is 9.69 Å².